The van der Waals surface area contributed by atoms with E-state index in [-0.39, 0.29) is 19.0 Å². The molecule has 0 aliphatic heterocycles. The first-order valence-corrected chi connectivity index (χ1v) is 6.93. The summed E-state index contributed by atoms with van der Waals surface area (Å²) in [5, 5.41) is 12.3. The molecule has 0 saturated carbocycles. The summed E-state index contributed by atoms with van der Waals surface area (Å²) < 4.78 is 4.94. The van der Waals surface area contributed by atoms with Crippen molar-refractivity contribution in [1.29, 1.82) is 0 Å². The SMILES string of the molecule is CCOC(=O)c1cccc(NC(C(=O)O)c2ccccc2)c1.Cl. The van der Waals surface area contributed by atoms with Crippen molar-refractivity contribution in [2.24, 2.45) is 0 Å². The lowest BCUT2D eigenvalue weighted by atomic mass is 10.1. The van der Waals surface area contributed by atoms with Gasteiger partial charge in [-0.15, -0.1) is 12.4 Å². The number of hydrogen-bond acceptors (Lipinski definition) is 4. The predicted octanol–water partition coefficient (Wildman–Crippen LogP) is 3.52. The van der Waals surface area contributed by atoms with E-state index in [0.29, 0.717) is 16.8 Å². The van der Waals surface area contributed by atoms with Gasteiger partial charge in [-0.1, -0.05) is 36.4 Å². The van der Waals surface area contributed by atoms with Gasteiger partial charge in [-0.25, -0.2) is 9.59 Å². The fourth-order valence-electron chi connectivity index (χ4n) is 2.05. The number of aliphatic carboxylic acids is 1. The molecule has 0 fully saturated rings. The van der Waals surface area contributed by atoms with Crippen LogP contribution in [-0.2, 0) is 9.53 Å². The van der Waals surface area contributed by atoms with Crippen LogP contribution >= 0.6 is 12.4 Å². The first kappa shape index (κ1) is 18.5. The van der Waals surface area contributed by atoms with Crippen LogP contribution in [0, 0.1) is 0 Å². The van der Waals surface area contributed by atoms with E-state index in [1.807, 2.05) is 6.07 Å². The lowest BCUT2D eigenvalue weighted by Gasteiger charge is -2.16. The Bertz CT molecular complexity index is 661. The van der Waals surface area contributed by atoms with Crippen molar-refractivity contribution in [1.82, 2.24) is 0 Å². The van der Waals surface area contributed by atoms with E-state index in [1.54, 1.807) is 55.5 Å². The Labute approximate surface area is 140 Å². The molecule has 0 aromatic heterocycles. The Kier molecular flexibility index (Phi) is 7.09. The van der Waals surface area contributed by atoms with E-state index in [4.69, 9.17) is 4.74 Å². The molecule has 1 atom stereocenters. The average Bonchev–Trinajstić information content (AvgIpc) is 2.53. The third kappa shape index (κ3) is 5.00. The summed E-state index contributed by atoms with van der Waals surface area (Å²) in [6.07, 6.45) is 0. The molecule has 0 aliphatic carbocycles. The van der Waals surface area contributed by atoms with Gasteiger partial charge in [-0.2, -0.15) is 0 Å². The van der Waals surface area contributed by atoms with Gasteiger partial charge >= 0.3 is 11.9 Å². The van der Waals surface area contributed by atoms with Gasteiger partial charge in [-0.05, 0) is 30.7 Å². The van der Waals surface area contributed by atoms with Gasteiger partial charge in [0, 0.05) is 5.69 Å². The van der Waals surface area contributed by atoms with Crippen molar-refractivity contribution in [3.05, 3.63) is 65.7 Å². The Morgan fingerprint density at radius 3 is 2.43 bits per heavy atom. The predicted molar refractivity (Wildman–Crippen MR) is 90.1 cm³/mol. The first-order valence-electron chi connectivity index (χ1n) is 6.93. The van der Waals surface area contributed by atoms with Crippen LogP contribution in [0.3, 0.4) is 0 Å². The van der Waals surface area contributed by atoms with Gasteiger partial charge in [0.25, 0.3) is 0 Å². The van der Waals surface area contributed by atoms with Crippen molar-refractivity contribution in [2.75, 3.05) is 11.9 Å². The highest BCUT2D eigenvalue weighted by atomic mass is 35.5. The monoisotopic (exact) mass is 335 g/mol. The van der Waals surface area contributed by atoms with Crippen molar-refractivity contribution in [3.8, 4) is 0 Å². The van der Waals surface area contributed by atoms with Crippen LogP contribution in [0.1, 0.15) is 28.9 Å². The average molecular weight is 336 g/mol. The third-order valence-corrected chi connectivity index (χ3v) is 3.06. The minimum Gasteiger partial charge on any atom is -0.479 e. The van der Waals surface area contributed by atoms with Crippen LogP contribution in [0.15, 0.2) is 54.6 Å². The molecule has 2 N–H and O–H groups in total. The number of ether oxygens (including phenoxy) is 1. The number of carbonyl (C=O) groups excluding carboxylic acids is 1. The molecule has 122 valence electrons. The number of anilines is 1. The second-order valence-corrected chi connectivity index (χ2v) is 4.63. The lowest BCUT2D eigenvalue weighted by Crippen LogP contribution is -2.20. The minimum atomic E-state index is -0.993. The van der Waals surface area contributed by atoms with Gasteiger partial charge in [0.1, 0.15) is 0 Å². The van der Waals surface area contributed by atoms with E-state index in [9.17, 15) is 14.7 Å². The number of halogens is 1. The number of hydrogen-bond donors (Lipinski definition) is 2. The highest BCUT2D eigenvalue weighted by Crippen LogP contribution is 2.21. The van der Waals surface area contributed by atoms with Crippen molar-refractivity contribution >= 4 is 30.0 Å². The van der Waals surface area contributed by atoms with Crippen LogP contribution in [0.25, 0.3) is 0 Å². The third-order valence-electron chi connectivity index (χ3n) is 3.06. The molecule has 2 aromatic carbocycles. The molecule has 0 saturated heterocycles. The number of carboxylic acids is 1. The molecule has 0 radical (unpaired) electrons. The summed E-state index contributed by atoms with van der Waals surface area (Å²) in [4.78, 5) is 23.2. The largest absolute Gasteiger partial charge is 0.479 e. The first-order chi connectivity index (χ1) is 10.6. The molecule has 0 heterocycles. The standard InChI is InChI=1S/C17H17NO4.ClH/c1-2-22-17(21)13-9-6-10-14(11-13)18-15(16(19)20)12-7-4-3-5-8-12;/h3-11,15,18H,2H2,1H3,(H,19,20);1H. The number of nitrogens with one attached hydrogen (secondary N) is 1. The number of rotatable bonds is 6. The number of benzene rings is 2. The molecule has 2 rings (SSSR count). The van der Waals surface area contributed by atoms with Crippen molar-refractivity contribution in [3.63, 3.8) is 0 Å². The van der Waals surface area contributed by atoms with Gasteiger partial charge < -0.3 is 15.2 Å². The molecule has 2 aromatic rings. The number of carboxylic acid groups (broad SMARTS) is 1. The highest BCUT2D eigenvalue weighted by Gasteiger charge is 2.19. The molecule has 0 aliphatic rings. The molecular weight excluding hydrogens is 318 g/mol. The number of esters is 1. The normalized spacial score (nSPS) is 11.0. The van der Waals surface area contributed by atoms with E-state index < -0.39 is 18.0 Å². The van der Waals surface area contributed by atoms with Gasteiger partial charge in [0.15, 0.2) is 6.04 Å². The quantitative estimate of drug-likeness (QED) is 0.790. The maximum atomic E-state index is 11.7. The molecule has 0 bridgehead atoms. The molecular formula is C17H18ClNO4. The molecule has 0 amide bonds. The van der Waals surface area contributed by atoms with Crippen LogP contribution in [0.5, 0.6) is 0 Å². The van der Waals surface area contributed by atoms with E-state index in [1.165, 1.54) is 0 Å². The number of carbonyl (C=O) groups is 2. The summed E-state index contributed by atoms with van der Waals surface area (Å²) in [7, 11) is 0. The Morgan fingerprint density at radius 1 is 1.13 bits per heavy atom. The fourth-order valence-corrected chi connectivity index (χ4v) is 2.05. The molecule has 6 heteroatoms. The zero-order valence-electron chi connectivity index (χ0n) is 12.6. The van der Waals surface area contributed by atoms with E-state index in [2.05, 4.69) is 5.32 Å². The van der Waals surface area contributed by atoms with Crippen molar-refractivity contribution in [2.45, 2.75) is 13.0 Å². The maximum Gasteiger partial charge on any atom is 0.338 e. The van der Waals surface area contributed by atoms with Gasteiger partial charge in [-0.3, -0.25) is 0 Å². The second kappa shape index (κ2) is 8.80. The summed E-state index contributed by atoms with van der Waals surface area (Å²) >= 11 is 0. The summed E-state index contributed by atoms with van der Waals surface area (Å²) in [6, 6.07) is 14.6. The molecule has 5 nitrogen and oxygen atoms in total. The van der Waals surface area contributed by atoms with E-state index in [0.717, 1.165) is 0 Å². The Hall–Kier alpha value is -2.53. The zero-order chi connectivity index (χ0) is 15.9. The second-order valence-electron chi connectivity index (χ2n) is 4.63. The Morgan fingerprint density at radius 2 is 1.83 bits per heavy atom. The minimum absolute atomic E-state index is 0. The lowest BCUT2D eigenvalue weighted by molar-refractivity contribution is -0.138. The summed E-state index contributed by atoms with van der Waals surface area (Å²) in [5.74, 6) is -1.43. The summed E-state index contributed by atoms with van der Waals surface area (Å²) in [6.45, 7) is 2.02. The summed E-state index contributed by atoms with van der Waals surface area (Å²) in [5.41, 5.74) is 1.56. The molecule has 1 unspecified atom stereocenters. The van der Waals surface area contributed by atoms with Crippen LogP contribution in [0.4, 0.5) is 5.69 Å². The zero-order valence-corrected chi connectivity index (χ0v) is 13.4. The molecule has 0 spiro atoms. The van der Waals surface area contributed by atoms with Crippen molar-refractivity contribution < 1.29 is 19.4 Å². The fraction of sp³-hybridized carbons (Fsp3) is 0.176. The smallest absolute Gasteiger partial charge is 0.338 e. The van der Waals surface area contributed by atoms with Crippen LogP contribution < -0.4 is 5.32 Å². The van der Waals surface area contributed by atoms with Crippen LogP contribution in [0.2, 0.25) is 0 Å². The van der Waals surface area contributed by atoms with Gasteiger partial charge in [0.2, 0.25) is 0 Å². The maximum absolute atomic E-state index is 11.7. The molecule has 23 heavy (non-hydrogen) atoms. The van der Waals surface area contributed by atoms with Crippen LogP contribution in [-0.4, -0.2) is 23.7 Å². The Balaban J connectivity index is 0.00000264. The van der Waals surface area contributed by atoms with Gasteiger partial charge in [0.05, 0.1) is 12.2 Å². The van der Waals surface area contributed by atoms with E-state index >= 15 is 0 Å². The highest BCUT2D eigenvalue weighted by molar-refractivity contribution is 5.90. The topological polar surface area (TPSA) is 75.6 Å².